The van der Waals surface area contributed by atoms with Crippen molar-refractivity contribution in [3.8, 4) is 0 Å². The van der Waals surface area contributed by atoms with E-state index >= 15 is 0 Å². The zero-order chi connectivity index (χ0) is 13.0. The number of pyridine rings is 1. The smallest absolute Gasteiger partial charge is 0.255 e. The van der Waals surface area contributed by atoms with Gasteiger partial charge in [0.2, 0.25) is 0 Å². The number of aromatic nitrogens is 1. The summed E-state index contributed by atoms with van der Waals surface area (Å²) in [7, 11) is 3.78. The molecule has 2 aromatic rings. The lowest BCUT2D eigenvalue weighted by atomic mass is 10.2. The van der Waals surface area contributed by atoms with Gasteiger partial charge in [0.1, 0.15) is 0 Å². The van der Waals surface area contributed by atoms with E-state index in [1.54, 1.807) is 24.4 Å². The molecule has 0 radical (unpaired) electrons. The third kappa shape index (κ3) is 2.66. The quantitative estimate of drug-likeness (QED) is 0.897. The Morgan fingerprint density at radius 1 is 1.11 bits per heavy atom. The van der Waals surface area contributed by atoms with Gasteiger partial charge < -0.3 is 10.2 Å². The minimum atomic E-state index is -0.133. The Morgan fingerprint density at radius 3 is 2.50 bits per heavy atom. The molecule has 92 valence electrons. The van der Waals surface area contributed by atoms with Crippen LogP contribution in [0.3, 0.4) is 0 Å². The molecule has 1 N–H and O–H groups in total. The molecule has 0 unspecified atom stereocenters. The minimum Gasteiger partial charge on any atom is -0.361 e. The van der Waals surface area contributed by atoms with Gasteiger partial charge in [-0.25, -0.2) is 4.98 Å². The highest BCUT2D eigenvalue weighted by atomic mass is 16.1. The standard InChI is InChI=1S/C14H15N3O/c1-17(2)13-12(9-6-10-15-13)16-14(18)11-7-4-3-5-8-11/h3-10H,1-2H3,(H,16,18). The summed E-state index contributed by atoms with van der Waals surface area (Å²) in [6.45, 7) is 0. The van der Waals surface area contributed by atoms with E-state index in [4.69, 9.17) is 0 Å². The van der Waals surface area contributed by atoms with Gasteiger partial charge in [0.15, 0.2) is 5.82 Å². The molecule has 0 aliphatic rings. The molecule has 0 aliphatic carbocycles. The van der Waals surface area contributed by atoms with Crippen LogP contribution in [0.15, 0.2) is 48.7 Å². The molecule has 18 heavy (non-hydrogen) atoms. The molecule has 1 aromatic carbocycles. The first kappa shape index (κ1) is 12.1. The summed E-state index contributed by atoms with van der Waals surface area (Å²) in [6.07, 6.45) is 1.70. The van der Waals surface area contributed by atoms with E-state index in [1.165, 1.54) is 0 Å². The van der Waals surface area contributed by atoms with E-state index in [0.29, 0.717) is 11.3 Å². The molecule has 0 saturated heterocycles. The average molecular weight is 241 g/mol. The summed E-state index contributed by atoms with van der Waals surface area (Å²) in [4.78, 5) is 18.1. The molecule has 0 fully saturated rings. The van der Waals surface area contributed by atoms with E-state index in [0.717, 1.165) is 5.82 Å². The van der Waals surface area contributed by atoms with Crippen LogP contribution < -0.4 is 10.2 Å². The summed E-state index contributed by atoms with van der Waals surface area (Å²) in [6, 6.07) is 12.8. The number of hydrogen-bond donors (Lipinski definition) is 1. The number of nitrogens with one attached hydrogen (secondary N) is 1. The molecule has 1 aromatic heterocycles. The van der Waals surface area contributed by atoms with E-state index in [1.807, 2.05) is 43.3 Å². The maximum Gasteiger partial charge on any atom is 0.255 e. The Bertz CT molecular complexity index is 538. The van der Waals surface area contributed by atoms with Crippen molar-refractivity contribution in [3.05, 3.63) is 54.2 Å². The largest absolute Gasteiger partial charge is 0.361 e. The SMILES string of the molecule is CN(C)c1ncccc1NC(=O)c1ccccc1. The predicted molar refractivity (Wildman–Crippen MR) is 73.0 cm³/mol. The molecule has 0 spiro atoms. The number of carbonyl (C=O) groups is 1. The summed E-state index contributed by atoms with van der Waals surface area (Å²) in [5.41, 5.74) is 1.34. The molecule has 4 heteroatoms. The second kappa shape index (κ2) is 5.31. The van der Waals surface area contributed by atoms with Gasteiger partial charge in [0.25, 0.3) is 5.91 Å². The van der Waals surface area contributed by atoms with E-state index in [-0.39, 0.29) is 5.91 Å². The van der Waals surface area contributed by atoms with Crippen molar-refractivity contribution in [1.82, 2.24) is 4.98 Å². The van der Waals surface area contributed by atoms with Gasteiger partial charge in [0.05, 0.1) is 5.69 Å². The number of nitrogens with zero attached hydrogens (tertiary/aromatic N) is 2. The first-order chi connectivity index (χ1) is 8.68. The van der Waals surface area contributed by atoms with Crippen molar-refractivity contribution in [1.29, 1.82) is 0 Å². The van der Waals surface area contributed by atoms with Crippen molar-refractivity contribution >= 4 is 17.4 Å². The van der Waals surface area contributed by atoms with Gasteiger partial charge in [-0.3, -0.25) is 4.79 Å². The first-order valence-corrected chi connectivity index (χ1v) is 5.67. The highest BCUT2D eigenvalue weighted by Crippen LogP contribution is 2.20. The Morgan fingerprint density at radius 2 is 1.83 bits per heavy atom. The first-order valence-electron chi connectivity index (χ1n) is 5.67. The fourth-order valence-corrected chi connectivity index (χ4v) is 1.63. The lowest BCUT2D eigenvalue weighted by Gasteiger charge is -2.16. The molecule has 0 atom stereocenters. The molecule has 1 heterocycles. The second-order valence-corrected chi connectivity index (χ2v) is 4.09. The fourth-order valence-electron chi connectivity index (χ4n) is 1.63. The maximum absolute atomic E-state index is 12.0. The van der Waals surface area contributed by atoms with Gasteiger partial charge in [-0.15, -0.1) is 0 Å². The lowest BCUT2D eigenvalue weighted by molar-refractivity contribution is 0.102. The molecule has 0 aliphatic heterocycles. The van der Waals surface area contributed by atoms with Gasteiger partial charge in [0, 0.05) is 25.9 Å². The average Bonchev–Trinajstić information content (AvgIpc) is 2.40. The Labute approximate surface area is 106 Å². The van der Waals surface area contributed by atoms with E-state index in [2.05, 4.69) is 10.3 Å². The molecule has 4 nitrogen and oxygen atoms in total. The molecule has 0 saturated carbocycles. The van der Waals surface area contributed by atoms with Crippen LogP contribution >= 0.6 is 0 Å². The Hall–Kier alpha value is -2.36. The van der Waals surface area contributed by atoms with Gasteiger partial charge in [-0.1, -0.05) is 18.2 Å². The van der Waals surface area contributed by atoms with Crippen LogP contribution in [0, 0.1) is 0 Å². The monoisotopic (exact) mass is 241 g/mol. The zero-order valence-electron chi connectivity index (χ0n) is 10.4. The number of carbonyl (C=O) groups excluding carboxylic acids is 1. The lowest BCUT2D eigenvalue weighted by Crippen LogP contribution is -2.17. The minimum absolute atomic E-state index is 0.133. The van der Waals surface area contributed by atoms with Crippen LogP contribution in [0.1, 0.15) is 10.4 Å². The van der Waals surface area contributed by atoms with Crippen LogP contribution in [-0.4, -0.2) is 25.0 Å². The van der Waals surface area contributed by atoms with Crippen molar-refractivity contribution in [2.45, 2.75) is 0 Å². The number of rotatable bonds is 3. The fraction of sp³-hybridized carbons (Fsp3) is 0.143. The van der Waals surface area contributed by atoms with Crippen LogP contribution in [0.25, 0.3) is 0 Å². The Balaban J connectivity index is 2.22. The van der Waals surface area contributed by atoms with Gasteiger partial charge in [-0.2, -0.15) is 0 Å². The highest BCUT2D eigenvalue weighted by molar-refractivity contribution is 6.05. The van der Waals surface area contributed by atoms with Gasteiger partial charge >= 0.3 is 0 Å². The van der Waals surface area contributed by atoms with Crippen molar-refractivity contribution in [2.24, 2.45) is 0 Å². The summed E-state index contributed by atoms with van der Waals surface area (Å²) in [5, 5.41) is 2.87. The second-order valence-electron chi connectivity index (χ2n) is 4.09. The number of anilines is 2. The highest BCUT2D eigenvalue weighted by Gasteiger charge is 2.10. The van der Waals surface area contributed by atoms with Crippen LogP contribution in [0.4, 0.5) is 11.5 Å². The number of hydrogen-bond acceptors (Lipinski definition) is 3. The molecule has 2 rings (SSSR count). The van der Waals surface area contributed by atoms with Crippen molar-refractivity contribution < 1.29 is 4.79 Å². The number of amides is 1. The molecular weight excluding hydrogens is 226 g/mol. The normalized spacial score (nSPS) is 9.89. The third-order valence-electron chi connectivity index (χ3n) is 2.49. The summed E-state index contributed by atoms with van der Waals surface area (Å²) in [5.74, 6) is 0.605. The summed E-state index contributed by atoms with van der Waals surface area (Å²) < 4.78 is 0. The van der Waals surface area contributed by atoms with Crippen LogP contribution in [0.2, 0.25) is 0 Å². The van der Waals surface area contributed by atoms with E-state index in [9.17, 15) is 4.79 Å². The molecule has 0 bridgehead atoms. The van der Waals surface area contributed by atoms with Crippen LogP contribution in [0.5, 0.6) is 0 Å². The van der Waals surface area contributed by atoms with Gasteiger partial charge in [-0.05, 0) is 24.3 Å². The van der Waals surface area contributed by atoms with Crippen molar-refractivity contribution in [3.63, 3.8) is 0 Å². The molecular formula is C14H15N3O. The predicted octanol–water partition coefficient (Wildman–Crippen LogP) is 2.40. The third-order valence-corrected chi connectivity index (χ3v) is 2.49. The molecule has 1 amide bonds. The Kier molecular flexibility index (Phi) is 3.57. The number of benzene rings is 1. The van der Waals surface area contributed by atoms with E-state index < -0.39 is 0 Å². The zero-order valence-corrected chi connectivity index (χ0v) is 10.4. The van der Waals surface area contributed by atoms with Crippen molar-refractivity contribution in [2.75, 3.05) is 24.3 Å². The maximum atomic E-state index is 12.0. The van der Waals surface area contributed by atoms with Crippen LogP contribution in [-0.2, 0) is 0 Å². The summed E-state index contributed by atoms with van der Waals surface area (Å²) >= 11 is 0. The topological polar surface area (TPSA) is 45.2 Å².